The summed E-state index contributed by atoms with van der Waals surface area (Å²) in [6, 6.07) is -1.07. The van der Waals surface area contributed by atoms with Crippen molar-refractivity contribution in [2.45, 2.75) is 36.7 Å². The predicted octanol–water partition coefficient (Wildman–Crippen LogP) is -0.0140. The summed E-state index contributed by atoms with van der Waals surface area (Å²) in [5.41, 5.74) is 0. The fourth-order valence-corrected chi connectivity index (χ4v) is 3.09. The van der Waals surface area contributed by atoms with Crippen LogP contribution in [0.15, 0.2) is 17.3 Å². The third-order valence-corrected chi connectivity index (χ3v) is 4.65. The molecule has 1 saturated heterocycles. The number of nitrogens with zero attached hydrogens (tertiary/aromatic N) is 2. The largest absolute Gasteiger partial charge is 0.480 e. The summed E-state index contributed by atoms with van der Waals surface area (Å²) < 4.78 is 32.9. The smallest absolute Gasteiger partial charge is 0.321 e. The summed E-state index contributed by atoms with van der Waals surface area (Å²) in [7, 11) is -3.87. The molecule has 1 aromatic rings. The highest BCUT2D eigenvalue weighted by Crippen LogP contribution is 2.21. The number of rotatable bonds is 5. The fourth-order valence-electron chi connectivity index (χ4n) is 1.96. The monoisotopic (exact) mass is 303 g/mol. The zero-order chi connectivity index (χ0) is 14.8. The highest BCUT2D eigenvalue weighted by Gasteiger charge is 2.24. The van der Waals surface area contributed by atoms with Crippen molar-refractivity contribution < 1.29 is 23.1 Å². The average molecular weight is 303 g/mol. The topological polar surface area (TPSA) is 111 Å². The van der Waals surface area contributed by atoms with Gasteiger partial charge in [0.05, 0.1) is 12.2 Å². The molecule has 1 aromatic heterocycles. The van der Waals surface area contributed by atoms with E-state index >= 15 is 0 Å². The Morgan fingerprint density at radius 3 is 2.80 bits per heavy atom. The summed E-state index contributed by atoms with van der Waals surface area (Å²) in [6.07, 6.45) is 4.21. The Morgan fingerprint density at radius 2 is 2.20 bits per heavy atom. The van der Waals surface area contributed by atoms with E-state index in [2.05, 4.69) is 9.82 Å². The second kappa shape index (κ2) is 5.90. The van der Waals surface area contributed by atoms with Crippen LogP contribution in [0.4, 0.5) is 0 Å². The van der Waals surface area contributed by atoms with Crippen LogP contribution < -0.4 is 4.72 Å². The third kappa shape index (κ3) is 3.35. The Hall–Kier alpha value is -1.45. The number of ether oxygens (including phenoxy) is 1. The first-order valence-corrected chi connectivity index (χ1v) is 7.75. The van der Waals surface area contributed by atoms with Crippen molar-refractivity contribution in [3.8, 4) is 0 Å². The van der Waals surface area contributed by atoms with Crippen LogP contribution >= 0.6 is 0 Å². The first-order chi connectivity index (χ1) is 9.40. The zero-order valence-corrected chi connectivity index (χ0v) is 11.8. The molecule has 1 atom stereocenters. The highest BCUT2D eigenvalue weighted by atomic mass is 32.2. The Balaban J connectivity index is 2.12. The molecular weight excluding hydrogens is 286 g/mol. The average Bonchev–Trinajstić information content (AvgIpc) is 2.89. The number of aromatic nitrogens is 2. The second-order valence-corrected chi connectivity index (χ2v) is 6.39. The summed E-state index contributed by atoms with van der Waals surface area (Å²) >= 11 is 0. The van der Waals surface area contributed by atoms with E-state index in [1.54, 1.807) is 4.68 Å². The maximum absolute atomic E-state index is 12.0. The molecule has 0 aliphatic carbocycles. The van der Waals surface area contributed by atoms with Gasteiger partial charge in [0.25, 0.3) is 0 Å². The van der Waals surface area contributed by atoms with E-state index in [1.807, 2.05) is 0 Å². The molecule has 0 aromatic carbocycles. The number of nitrogens with one attached hydrogen (secondary N) is 1. The maximum Gasteiger partial charge on any atom is 0.321 e. The number of carboxylic acids is 1. The van der Waals surface area contributed by atoms with Crippen molar-refractivity contribution in [3.05, 3.63) is 12.4 Å². The first kappa shape index (κ1) is 14.9. The van der Waals surface area contributed by atoms with E-state index in [1.165, 1.54) is 19.3 Å². The van der Waals surface area contributed by atoms with E-state index in [-0.39, 0.29) is 10.9 Å². The molecule has 0 amide bonds. The molecular formula is C11H17N3O5S. The van der Waals surface area contributed by atoms with Crippen molar-refractivity contribution in [2.75, 3.05) is 13.2 Å². The molecule has 1 fully saturated rings. The Kier molecular flexibility index (Phi) is 4.41. The first-order valence-electron chi connectivity index (χ1n) is 6.27. The van der Waals surface area contributed by atoms with Crippen LogP contribution in [0.1, 0.15) is 25.8 Å². The van der Waals surface area contributed by atoms with Gasteiger partial charge < -0.3 is 9.84 Å². The minimum atomic E-state index is -3.87. The van der Waals surface area contributed by atoms with Crippen molar-refractivity contribution in [2.24, 2.45) is 0 Å². The lowest BCUT2D eigenvalue weighted by Gasteiger charge is -2.22. The number of sulfonamides is 1. The van der Waals surface area contributed by atoms with E-state index in [0.717, 1.165) is 12.8 Å². The second-order valence-electron chi connectivity index (χ2n) is 4.68. The Morgan fingerprint density at radius 1 is 1.55 bits per heavy atom. The normalized spacial score (nSPS) is 18.9. The SMILES string of the molecule is CC(NS(=O)(=O)c1cnn(C2CCOCC2)c1)C(=O)O. The van der Waals surface area contributed by atoms with Gasteiger partial charge >= 0.3 is 5.97 Å². The van der Waals surface area contributed by atoms with Crippen molar-refractivity contribution in [3.63, 3.8) is 0 Å². The lowest BCUT2D eigenvalue weighted by atomic mass is 10.1. The van der Waals surface area contributed by atoms with Crippen molar-refractivity contribution in [1.29, 1.82) is 0 Å². The quantitative estimate of drug-likeness (QED) is 0.791. The minimum Gasteiger partial charge on any atom is -0.480 e. The number of carbonyl (C=O) groups is 1. The van der Waals surface area contributed by atoms with Crippen LogP contribution in [-0.4, -0.2) is 48.5 Å². The molecule has 0 radical (unpaired) electrons. The predicted molar refractivity (Wildman–Crippen MR) is 68.7 cm³/mol. The van der Waals surface area contributed by atoms with Gasteiger partial charge in [-0.15, -0.1) is 0 Å². The zero-order valence-electron chi connectivity index (χ0n) is 11.0. The van der Waals surface area contributed by atoms with Crippen molar-refractivity contribution >= 4 is 16.0 Å². The van der Waals surface area contributed by atoms with Gasteiger partial charge in [-0.2, -0.15) is 9.82 Å². The lowest BCUT2D eigenvalue weighted by Crippen LogP contribution is -2.38. The summed E-state index contributed by atoms with van der Waals surface area (Å²) in [5, 5.41) is 12.8. The molecule has 0 saturated carbocycles. The van der Waals surface area contributed by atoms with Gasteiger partial charge in [0.15, 0.2) is 0 Å². The van der Waals surface area contributed by atoms with E-state index in [0.29, 0.717) is 13.2 Å². The van der Waals surface area contributed by atoms with Gasteiger partial charge in [-0.25, -0.2) is 8.42 Å². The molecule has 1 aliphatic rings. The number of hydrogen-bond donors (Lipinski definition) is 2. The van der Waals surface area contributed by atoms with E-state index in [9.17, 15) is 13.2 Å². The minimum absolute atomic E-state index is 0.0305. The maximum atomic E-state index is 12.0. The number of carboxylic acid groups (broad SMARTS) is 1. The van der Waals surface area contributed by atoms with Gasteiger partial charge in [-0.1, -0.05) is 0 Å². The van der Waals surface area contributed by atoms with Crippen LogP contribution in [0.25, 0.3) is 0 Å². The van der Waals surface area contributed by atoms with Crippen LogP contribution in [0.5, 0.6) is 0 Å². The van der Waals surface area contributed by atoms with E-state index in [4.69, 9.17) is 9.84 Å². The summed E-state index contributed by atoms with van der Waals surface area (Å²) in [5.74, 6) is -1.23. The van der Waals surface area contributed by atoms with Gasteiger partial charge in [0.2, 0.25) is 10.0 Å². The van der Waals surface area contributed by atoms with Gasteiger partial charge in [0, 0.05) is 19.4 Å². The molecule has 9 heteroatoms. The molecule has 2 heterocycles. The molecule has 1 aliphatic heterocycles. The molecule has 1 unspecified atom stereocenters. The van der Waals surface area contributed by atoms with Gasteiger partial charge in [-0.3, -0.25) is 9.48 Å². The molecule has 8 nitrogen and oxygen atoms in total. The summed E-state index contributed by atoms with van der Waals surface area (Å²) in [6.45, 7) is 2.52. The highest BCUT2D eigenvalue weighted by molar-refractivity contribution is 7.89. The molecule has 2 rings (SSSR count). The fraction of sp³-hybridized carbons (Fsp3) is 0.636. The van der Waals surface area contributed by atoms with Crippen LogP contribution in [-0.2, 0) is 19.6 Å². The third-order valence-electron chi connectivity index (χ3n) is 3.16. The van der Waals surface area contributed by atoms with Crippen LogP contribution in [0, 0.1) is 0 Å². The van der Waals surface area contributed by atoms with E-state index < -0.39 is 22.0 Å². The molecule has 112 valence electrons. The molecule has 20 heavy (non-hydrogen) atoms. The van der Waals surface area contributed by atoms with Gasteiger partial charge in [0.1, 0.15) is 10.9 Å². The standard InChI is InChI=1S/C11H17N3O5S/c1-8(11(15)16)13-20(17,18)10-6-12-14(7-10)9-2-4-19-5-3-9/h6-9,13H,2-5H2,1H3,(H,15,16). The van der Waals surface area contributed by atoms with Crippen LogP contribution in [0.2, 0.25) is 0 Å². The number of aliphatic carboxylic acids is 1. The molecule has 0 bridgehead atoms. The summed E-state index contributed by atoms with van der Waals surface area (Å²) in [4.78, 5) is 10.7. The molecule has 2 N–H and O–H groups in total. The number of hydrogen-bond acceptors (Lipinski definition) is 5. The van der Waals surface area contributed by atoms with Gasteiger partial charge in [-0.05, 0) is 19.8 Å². The Labute approximate surface area is 116 Å². The van der Waals surface area contributed by atoms with Crippen LogP contribution in [0.3, 0.4) is 0 Å². The lowest BCUT2D eigenvalue weighted by molar-refractivity contribution is -0.138. The van der Waals surface area contributed by atoms with Crippen molar-refractivity contribution in [1.82, 2.24) is 14.5 Å². The Bertz CT molecular complexity index is 577. The molecule has 0 spiro atoms.